The number of fused-ring (bicyclic) bond motifs is 2. The molecule has 1 aliphatic heterocycles. The fourth-order valence-corrected chi connectivity index (χ4v) is 4.43. The lowest BCUT2D eigenvalue weighted by Gasteiger charge is -2.25. The van der Waals surface area contributed by atoms with E-state index in [4.69, 9.17) is 14.5 Å². The summed E-state index contributed by atoms with van der Waals surface area (Å²) >= 11 is 0. The zero-order valence-electron chi connectivity index (χ0n) is 19.0. The van der Waals surface area contributed by atoms with Crippen molar-refractivity contribution in [1.29, 1.82) is 0 Å². The molecule has 1 aliphatic carbocycles. The SMILES string of the molecule is COc1cccc(CNC(=O)CN2C(=O)[C@H]3CCCC3=Nc3cc(C)c(C)cc32)c1OC. The first-order valence-corrected chi connectivity index (χ1v) is 10.9. The normalized spacial score (nSPS) is 17.2. The van der Waals surface area contributed by atoms with Gasteiger partial charge in [0, 0.05) is 17.8 Å². The summed E-state index contributed by atoms with van der Waals surface area (Å²) in [5.74, 6) is 0.662. The Labute approximate surface area is 188 Å². The van der Waals surface area contributed by atoms with Crippen molar-refractivity contribution < 1.29 is 19.1 Å². The maximum atomic E-state index is 13.4. The van der Waals surface area contributed by atoms with Crippen molar-refractivity contribution in [1.82, 2.24) is 5.32 Å². The molecule has 7 nitrogen and oxygen atoms in total. The van der Waals surface area contributed by atoms with Crippen LogP contribution in [0.1, 0.15) is 36.0 Å². The second-order valence-corrected chi connectivity index (χ2v) is 8.33. The maximum absolute atomic E-state index is 13.4. The molecule has 1 atom stereocenters. The highest BCUT2D eigenvalue weighted by Crippen LogP contribution is 2.39. The molecule has 2 aromatic rings. The Kier molecular flexibility index (Phi) is 6.17. The molecule has 0 saturated heterocycles. The number of aliphatic imine (C=N–C) groups is 1. The first kappa shape index (κ1) is 21.9. The van der Waals surface area contributed by atoms with Crippen LogP contribution < -0.4 is 19.7 Å². The van der Waals surface area contributed by atoms with Crippen LogP contribution in [-0.2, 0) is 16.1 Å². The summed E-state index contributed by atoms with van der Waals surface area (Å²) < 4.78 is 10.8. The van der Waals surface area contributed by atoms with E-state index in [9.17, 15) is 9.59 Å². The molecule has 32 heavy (non-hydrogen) atoms. The van der Waals surface area contributed by atoms with E-state index >= 15 is 0 Å². The molecule has 2 aromatic carbocycles. The van der Waals surface area contributed by atoms with Crippen LogP contribution >= 0.6 is 0 Å². The quantitative estimate of drug-likeness (QED) is 0.747. The van der Waals surface area contributed by atoms with Gasteiger partial charge in [-0.05, 0) is 62.4 Å². The second-order valence-electron chi connectivity index (χ2n) is 8.33. The van der Waals surface area contributed by atoms with E-state index in [1.165, 1.54) is 0 Å². The van der Waals surface area contributed by atoms with Crippen LogP contribution in [-0.4, -0.2) is 38.3 Å². The molecule has 0 radical (unpaired) electrons. The van der Waals surface area contributed by atoms with Crippen LogP contribution in [0.15, 0.2) is 35.3 Å². The summed E-state index contributed by atoms with van der Waals surface area (Å²) in [6.45, 7) is 4.26. The predicted octanol–water partition coefficient (Wildman–Crippen LogP) is 3.86. The zero-order chi connectivity index (χ0) is 22.8. The molecule has 1 saturated carbocycles. The van der Waals surface area contributed by atoms with E-state index in [1.54, 1.807) is 25.2 Å². The highest BCUT2D eigenvalue weighted by atomic mass is 16.5. The number of hydrogen-bond acceptors (Lipinski definition) is 5. The predicted molar refractivity (Wildman–Crippen MR) is 124 cm³/mol. The first-order valence-electron chi connectivity index (χ1n) is 10.9. The number of amides is 2. The number of rotatable bonds is 6. The largest absolute Gasteiger partial charge is 0.493 e. The second kappa shape index (κ2) is 9.02. The number of anilines is 1. The summed E-state index contributed by atoms with van der Waals surface area (Å²) in [7, 11) is 3.14. The number of nitrogens with one attached hydrogen (secondary N) is 1. The third-order valence-electron chi connectivity index (χ3n) is 6.30. The molecule has 168 valence electrons. The average Bonchev–Trinajstić information content (AvgIpc) is 3.22. The van der Waals surface area contributed by atoms with Gasteiger partial charge in [-0.15, -0.1) is 0 Å². The Bertz CT molecular complexity index is 1090. The van der Waals surface area contributed by atoms with Gasteiger partial charge in [0.1, 0.15) is 6.54 Å². The lowest BCUT2D eigenvalue weighted by Crippen LogP contribution is -2.43. The Morgan fingerprint density at radius 3 is 2.72 bits per heavy atom. The fraction of sp³-hybridized carbons (Fsp3) is 0.400. The van der Waals surface area contributed by atoms with Gasteiger partial charge in [-0.25, -0.2) is 0 Å². The number of nitrogens with zero attached hydrogens (tertiary/aromatic N) is 2. The monoisotopic (exact) mass is 435 g/mol. The number of methoxy groups -OCH3 is 2. The van der Waals surface area contributed by atoms with Crippen molar-refractivity contribution >= 4 is 28.9 Å². The molecular weight excluding hydrogens is 406 g/mol. The Balaban J connectivity index is 1.57. The van der Waals surface area contributed by atoms with Gasteiger partial charge >= 0.3 is 0 Å². The van der Waals surface area contributed by atoms with E-state index in [0.29, 0.717) is 17.2 Å². The number of hydrogen-bond donors (Lipinski definition) is 1. The summed E-state index contributed by atoms with van der Waals surface area (Å²) in [5.41, 5.74) is 5.39. The Morgan fingerprint density at radius 1 is 1.19 bits per heavy atom. The zero-order valence-corrected chi connectivity index (χ0v) is 19.0. The van der Waals surface area contributed by atoms with Gasteiger partial charge in [0.05, 0.1) is 31.5 Å². The van der Waals surface area contributed by atoms with Crippen molar-refractivity contribution in [3.8, 4) is 11.5 Å². The molecule has 0 unspecified atom stereocenters. The number of carbonyl (C=O) groups excluding carboxylic acids is 2. The topological polar surface area (TPSA) is 80.2 Å². The molecule has 1 heterocycles. The number of ether oxygens (including phenoxy) is 2. The van der Waals surface area contributed by atoms with E-state index in [2.05, 4.69) is 5.32 Å². The Hall–Kier alpha value is -3.35. The fourth-order valence-electron chi connectivity index (χ4n) is 4.43. The summed E-state index contributed by atoms with van der Waals surface area (Å²) in [5, 5.41) is 2.92. The number of benzene rings is 2. The van der Waals surface area contributed by atoms with Gasteiger partial charge in [-0.1, -0.05) is 12.1 Å². The van der Waals surface area contributed by atoms with E-state index in [-0.39, 0.29) is 30.8 Å². The van der Waals surface area contributed by atoms with Crippen molar-refractivity contribution in [3.63, 3.8) is 0 Å². The molecule has 1 N–H and O–H groups in total. The first-order chi connectivity index (χ1) is 15.4. The van der Waals surface area contributed by atoms with Crippen molar-refractivity contribution in [2.75, 3.05) is 25.7 Å². The van der Waals surface area contributed by atoms with Crippen molar-refractivity contribution in [3.05, 3.63) is 47.0 Å². The lowest BCUT2D eigenvalue weighted by molar-refractivity contribution is -0.124. The number of carbonyl (C=O) groups is 2. The van der Waals surface area contributed by atoms with Crippen LogP contribution in [0.3, 0.4) is 0 Å². The lowest BCUT2D eigenvalue weighted by atomic mass is 10.0. The van der Waals surface area contributed by atoms with Gasteiger partial charge < -0.3 is 19.7 Å². The average molecular weight is 436 g/mol. The van der Waals surface area contributed by atoms with Crippen LogP contribution in [0.25, 0.3) is 0 Å². The molecule has 0 spiro atoms. The summed E-state index contributed by atoms with van der Waals surface area (Å²) in [4.78, 5) is 32.8. The molecule has 7 heteroatoms. The number of para-hydroxylation sites is 1. The molecule has 1 fully saturated rings. The molecule has 0 bridgehead atoms. The molecule has 0 aromatic heterocycles. The van der Waals surface area contributed by atoms with Crippen LogP contribution in [0.4, 0.5) is 11.4 Å². The van der Waals surface area contributed by atoms with Crippen LogP contribution in [0.5, 0.6) is 11.5 Å². The highest BCUT2D eigenvalue weighted by molar-refractivity contribution is 6.16. The highest BCUT2D eigenvalue weighted by Gasteiger charge is 2.37. The smallest absolute Gasteiger partial charge is 0.240 e. The minimum atomic E-state index is -0.242. The van der Waals surface area contributed by atoms with Crippen LogP contribution in [0, 0.1) is 19.8 Å². The minimum absolute atomic E-state index is 0.0441. The standard InChI is InChI=1S/C25H29N3O4/c1-15-11-20-21(12-16(15)2)28(25(30)18-8-6-9-19(18)27-20)14-23(29)26-13-17-7-5-10-22(31-3)24(17)32-4/h5,7,10-12,18H,6,8-9,13-14H2,1-4H3,(H,26,29)/t18-/m0/s1. The third-order valence-corrected chi connectivity index (χ3v) is 6.30. The van der Waals surface area contributed by atoms with Gasteiger partial charge in [-0.3, -0.25) is 14.6 Å². The van der Waals surface area contributed by atoms with Gasteiger partial charge in [-0.2, -0.15) is 0 Å². The third kappa shape index (κ3) is 4.07. The minimum Gasteiger partial charge on any atom is -0.493 e. The number of aryl methyl sites for hydroxylation is 2. The maximum Gasteiger partial charge on any atom is 0.240 e. The summed E-state index contributed by atoms with van der Waals surface area (Å²) in [6, 6.07) is 9.50. The van der Waals surface area contributed by atoms with Gasteiger partial charge in [0.2, 0.25) is 11.8 Å². The van der Waals surface area contributed by atoms with Gasteiger partial charge in [0.25, 0.3) is 0 Å². The molecular formula is C25H29N3O4. The van der Waals surface area contributed by atoms with Crippen LogP contribution in [0.2, 0.25) is 0 Å². The van der Waals surface area contributed by atoms with Gasteiger partial charge in [0.15, 0.2) is 11.5 Å². The molecule has 4 rings (SSSR count). The molecule has 2 aliphatic rings. The van der Waals surface area contributed by atoms with Crippen molar-refractivity contribution in [2.45, 2.75) is 39.7 Å². The Morgan fingerprint density at radius 2 is 1.97 bits per heavy atom. The van der Waals surface area contributed by atoms with E-state index in [1.807, 2.05) is 38.1 Å². The summed E-state index contributed by atoms with van der Waals surface area (Å²) in [6.07, 6.45) is 2.56. The van der Waals surface area contributed by atoms with Crippen molar-refractivity contribution in [2.24, 2.45) is 10.9 Å². The van der Waals surface area contributed by atoms with E-state index in [0.717, 1.165) is 47.4 Å². The van der Waals surface area contributed by atoms with E-state index < -0.39 is 0 Å². The molecule has 2 amide bonds.